The van der Waals surface area contributed by atoms with Crippen LogP contribution in [0.25, 0.3) is 0 Å². The molecule has 0 aromatic heterocycles. The summed E-state index contributed by atoms with van der Waals surface area (Å²) in [6.07, 6.45) is 1.34. The second kappa shape index (κ2) is 13.0. The van der Waals surface area contributed by atoms with Crippen molar-refractivity contribution in [3.8, 4) is 0 Å². The number of thioether (sulfide) groups is 1. The molecule has 178 valence electrons. The van der Waals surface area contributed by atoms with Crippen molar-refractivity contribution in [2.24, 2.45) is 0 Å². The molecule has 0 aliphatic rings. The van der Waals surface area contributed by atoms with Crippen LogP contribution in [0.3, 0.4) is 0 Å². The van der Waals surface area contributed by atoms with E-state index in [0.717, 1.165) is 23.1 Å². The van der Waals surface area contributed by atoms with Gasteiger partial charge in [0, 0.05) is 30.5 Å². The normalized spacial score (nSPS) is 12.6. The van der Waals surface area contributed by atoms with Gasteiger partial charge in [0.1, 0.15) is 6.04 Å². The molecule has 0 aliphatic carbocycles. The molecular weight excluding hydrogens is 438 g/mol. The molecule has 0 saturated heterocycles. The summed E-state index contributed by atoms with van der Waals surface area (Å²) in [6, 6.07) is 13.7. The molecule has 0 radical (unpaired) electrons. The van der Waals surface area contributed by atoms with Gasteiger partial charge in [-0.25, -0.2) is 0 Å². The summed E-state index contributed by atoms with van der Waals surface area (Å²) in [7, 11) is 0. The lowest BCUT2D eigenvalue weighted by Gasteiger charge is -2.32. The van der Waals surface area contributed by atoms with Crippen LogP contribution in [0.2, 0.25) is 0 Å². The summed E-state index contributed by atoms with van der Waals surface area (Å²) >= 11 is 1.44. The number of benzene rings is 2. The second-order valence-electron chi connectivity index (χ2n) is 8.11. The van der Waals surface area contributed by atoms with E-state index in [1.165, 1.54) is 23.9 Å². The van der Waals surface area contributed by atoms with Gasteiger partial charge in [0.25, 0.3) is 5.69 Å². The van der Waals surface area contributed by atoms with E-state index < -0.39 is 11.0 Å². The summed E-state index contributed by atoms with van der Waals surface area (Å²) in [5.41, 5.74) is 3.04. The molecule has 0 unspecified atom stereocenters. The number of non-ortho nitro benzene ring substituents is 1. The summed E-state index contributed by atoms with van der Waals surface area (Å²) in [5, 5.41) is 13.8. The molecular formula is C25H33N3O4S. The third-order valence-corrected chi connectivity index (χ3v) is 6.62. The van der Waals surface area contributed by atoms with E-state index in [4.69, 9.17) is 0 Å². The minimum absolute atomic E-state index is 0.0403. The number of aryl methyl sites for hydroxylation is 1. The molecule has 2 amide bonds. The maximum Gasteiger partial charge on any atom is 0.269 e. The number of carbonyl (C=O) groups is 2. The molecule has 0 heterocycles. The number of carbonyl (C=O) groups excluding carboxylic acids is 2. The van der Waals surface area contributed by atoms with Crippen molar-refractivity contribution in [2.45, 2.75) is 64.9 Å². The Morgan fingerprint density at radius 2 is 1.76 bits per heavy atom. The van der Waals surface area contributed by atoms with E-state index in [-0.39, 0.29) is 29.3 Å². The molecule has 0 fully saturated rings. The van der Waals surface area contributed by atoms with Crippen LogP contribution in [0.15, 0.2) is 48.5 Å². The Morgan fingerprint density at radius 1 is 1.09 bits per heavy atom. The minimum Gasteiger partial charge on any atom is -0.352 e. The van der Waals surface area contributed by atoms with Crippen LogP contribution in [0.1, 0.15) is 50.3 Å². The molecule has 1 N–H and O–H groups in total. The van der Waals surface area contributed by atoms with E-state index in [9.17, 15) is 19.7 Å². The molecule has 0 aliphatic heterocycles. The summed E-state index contributed by atoms with van der Waals surface area (Å²) in [4.78, 5) is 38.3. The Kier molecular flexibility index (Phi) is 10.4. The van der Waals surface area contributed by atoms with Crippen LogP contribution < -0.4 is 5.32 Å². The monoisotopic (exact) mass is 471 g/mol. The van der Waals surface area contributed by atoms with E-state index >= 15 is 0 Å². The van der Waals surface area contributed by atoms with Crippen LogP contribution in [0, 0.1) is 17.0 Å². The highest BCUT2D eigenvalue weighted by Crippen LogP contribution is 2.20. The molecule has 0 bridgehead atoms. The van der Waals surface area contributed by atoms with Crippen LogP contribution in [0.5, 0.6) is 0 Å². The predicted octanol–water partition coefficient (Wildman–Crippen LogP) is 4.86. The van der Waals surface area contributed by atoms with E-state index in [1.54, 1.807) is 17.0 Å². The number of hydrogen-bond acceptors (Lipinski definition) is 5. The Balaban J connectivity index is 2.13. The van der Waals surface area contributed by atoms with Crippen molar-refractivity contribution in [3.05, 3.63) is 75.3 Å². The number of nitro benzene ring substituents is 1. The van der Waals surface area contributed by atoms with Crippen LogP contribution >= 0.6 is 11.8 Å². The maximum atomic E-state index is 13.3. The zero-order chi connectivity index (χ0) is 24.4. The van der Waals surface area contributed by atoms with Gasteiger partial charge in [-0.3, -0.25) is 19.7 Å². The number of amides is 2. The second-order valence-corrected chi connectivity index (χ2v) is 9.09. The SMILES string of the molecule is CC[C@H](C)NC(=O)[C@H](CC)N(Cc1ccccc1C)C(=O)CSCc1ccc([N+](=O)[O-])cc1. The molecule has 2 aromatic carbocycles. The fraction of sp³-hybridized carbons (Fsp3) is 0.440. The first kappa shape index (κ1) is 26.4. The number of nitrogens with zero attached hydrogens (tertiary/aromatic N) is 2. The molecule has 33 heavy (non-hydrogen) atoms. The molecule has 2 aromatic rings. The lowest BCUT2D eigenvalue weighted by Crippen LogP contribution is -2.51. The third kappa shape index (κ3) is 7.89. The average Bonchev–Trinajstić information content (AvgIpc) is 2.80. The van der Waals surface area contributed by atoms with Gasteiger partial charge in [-0.1, -0.05) is 50.2 Å². The number of hydrogen-bond donors (Lipinski definition) is 1. The largest absolute Gasteiger partial charge is 0.352 e. The van der Waals surface area contributed by atoms with Crippen molar-refractivity contribution in [3.63, 3.8) is 0 Å². The summed E-state index contributed by atoms with van der Waals surface area (Å²) < 4.78 is 0. The van der Waals surface area contributed by atoms with Gasteiger partial charge in [-0.15, -0.1) is 11.8 Å². The highest BCUT2D eigenvalue weighted by atomic mass is 32.2. The number of nitro groups is 1. The van der Waals surface area contributed by atoms with Gasteiger partial charge >= 0.3 is 0 Å². The van der Waals surface area contributed by atoms with E-state index in [1.807, 2.05) is 52.0 Å². The van der Waals surface area contributed by atoms with Gasteiger partial charge in [0.2, 0.25) is 11.8 Å². The Labute approximate surface area is 200 Å². The lowest BCUT2D eigenvalue weighted by atomic mass is 10.1. The zero-order valence-corrected chi connectivity index (χ0v) is 20.6. The van der Waals surface area contributed by atoms with E-state index in [2.05, 4.69) is 5.32 Å². The van der Waals surface area contributed by atoms with Crippen molar-refractivity contribution < 1.29 is 14.5 Å². The highest BCUT2D eigenvalue weighted by molar-refractivity contribution is 7.99. The molecule has 0 spiro atoms. The van der Waals surface area contributed by atoms with Crippen molar-refractivity contribution >= 4 is 29.3 Å². The van der Waals surface area contributed by atoms with Crippen LogP contribution in [-0.4, -0.2) is 39.5 Å². The lowest BCUT2D eigenvalue weighted by molar-refractivity contribution is -0.384. The van der Waals surface area contributed by atoms with Gasteiger partial charge < -0.3 is 10.2 Å². The maximum absolute atomic E-state index is 13.3. The first-order valence-electron chi connectivity index (χ1n) is 11.2. The van der Waals surface area contributed by atoms with E-state index in [0.29, 0.717) is 18.7 Å². The molecule has 8 heteroatoms. The van der Waals surface area contributed by atoms with Gasteiger partial charge in [0.15, 0.2) is 0 Å². The van der Waals surface area contributed by atoms with Crippen molar-refractivity contribution in [1.29, 1.82) is 0 Å². The Hall–Kier alpha value is -2.87. The third-order valence-electron chi connectivity index (χ3n) is 5.63. The number of rotatable bonds is 12. The fourth-order valence-electron chi connectivity index (χ4n) is 3.38. The van der Waals surface area contributed by atoms with Crippen molar-refractivity contribution in [2.75, 3.05) is 5.75 Å². The first-order valence-corrected chi connectivity index (χ1v) is 12.4. The average molecular weight is 472 g/mol. The van der Waals surface area contributed by atoms with Crippen molar-refractivity contribution in [1.82, 2.24) is 10.2 Å². The first-order chi connectivity index (χ1) is 15.8. The van der Waals surface area contributed by atoms with Crippen LogP contribution in [0.4, 0.5) is 5.69 Å². The quantitative estimate of drug-likeness (QED) is 0.353. The summed E-state index contributed by atoms with van der Waals surface area (Å²) in [6.45, 7) is 8.26. The summed E-state index contributed by atoms with van der Waals surface area (Å²) in [5.74, 6) is 0.541. The Bertz CT molecular complexity index is 949. The van der Waals surface area contributed by atoms with Crippen LogP contribution in [-0.2, 0) is 21.9 Å². The van der Waals surface area contributed by atoms with Gasteiger partial charge in [-0.05, 0) is 43.4 Å². The molecule has 2 rings (SSSR count). The minimum atomic E-state index is -0.550. The zero-order valence-electron chi connectivity index (χ0n) is 19.7. The smallest absolute Gasteiger partial charge is 0.269 e. The number of nitrogens with one attached hydrogen (secondary N) is 1. The standard InChI is InChI=1S/C25H33N3O4S/c1-5-19(4)26-25(30)23(6-2)27(15-21-10-8-7-9-18(21)3)24(29)17-33-16-20-11-13-22(14-12-20)28(31)32/h7-14,19,23H,5-6,15-17H2,1-4H3,(H,26,30)/t19-,23-/m0/s1. The fourth-order valence-corrected chi connectivity index (χ4v) is 4.26. The molecule has 2 atom stereocenters. The Morgan fingerprint density at radius 3 is 2.33 bits per heavy atom. The molecule has 0 saturated carbocycles. The topological polar surface area (TPSA) is 92.6 Å². The van der Waals surface area contributed by atoms with Gasteiger partial charge in [-0.2, -0.15) is 0 Å². The van der Waals surface area contributed by atoms with Gasteiger partial charge in [0.05, 0.1) is 10.7 Å². The molecule has 7 nitrogen and oxygen atoms in total. The predicted molar refractivity (Wildman–Crippen MR) is 133 cm³/mol. The highest BCUT2D eigenvalue weighted by Gasteiger charge is 2.29.